The molecule has 8 nitrogen and oxygen atoms in total. The highest BCUT2D eigenvalue weighted by Gasteiger charge is 2.17. The first-order valence-electron chi connectivity index (χ1n) is 13.3. The first kappa shape index (κ1) is 26.4. The number of benzene rings is 2. The molecule has 0 aliphatic carbocycles. The molecule has 40 heavy (non-hydrogen) atoms. The van der Waals surface area contributed by atoms with Gasteiger partial charge in [-0.05, 0) is 62.9 Å². The third-order valence-corrected chi connectivity index (χ3v) is 8.57. The fraction of sp³-hybridized carbons (Fsp3) is 0.267. The molecule has 1 N–H and O–H groups in total. The Kier molecular flexibility index (Phi) is 7.27. The van der Waals surface area contributed by atoms with E-state index in [9.17, 15) is 4.79 Å². The van der Waals surface area contributed by atoms with E-state index in [-0.39, 0.29) is 5.56 Å². The molecule has 1 fully saturated rings. The van der Waals surface area contributed by atoms with Gasteiger partial charge in [-0.25, -0.2) is 9.97 Å². The Morgan fingerprint density at radius 1 is 0.975 bits per heavy atom. The van der Waals surface area contributed by atoms with E-state index >= 15 is 0 Å². The third kappa shape index (κ3) is 5.20. The van der Waals surface area contributed by atoms with Crippen molar-refractivity contribution >= 4 is 51.3 Å². The molecule has 1 aliphatic rings. The van der Waals surface area contributed by atoms with Crippen LogP contribution in [-0.2, 0) is 6.54 Å². The first-order chi connectivity index (χ1) is 19.4. The lowest BCUT2D eigenvalue weighted by atomic mass is 10.0. The van der Waals surface area contributed by atoms with Crippen LogP contribution in [0.1, 0.15) is 11.9 Å². The smallest absolute Gasteiger partial charge is 0.260 e. The molecule has 3 aromatic heterocycles. The van der Waals surface area contributed by atoms with E-state index < -0.39 is 0 Å². The SMILES string of the molecule is CCn1c(=O)c(-c2ccc(-c3cnc(C)s3)cc2Cl)cc2cnc(Nc3ccc(N4CCN(C)CC4)cc3)nc21. The lowest BCUT2D eigenvalue weighted by molar-refractivity contribution is 0.313. The molecule has 1 saturated heterocycles. The number of thiazole rings is 1. The Morgan fingerprint density at radius 3 is 2.42 bits per heavy atom. The summed E-state index contributed by atoms with van der Waals surface area (Å²) >= 11 is 8.32. The van der Waals surface area contributed by atoms with E-state index in [1.165, 1.54) is 5.69 Å². The summed E-state index contributed by atoms with van der Waals surface area (Å²) in [5.41, 5.74) is 4.72. The van der Waals surface area contributed by atoms with Crippen molar-refractivity contribution in [3.63, 3.8) is 0 Å². The first-order valence-corrected chi connectivity index (χ1v) is 14.5. The molecule has 0 bridgehead atoms. The molecule has 0 spiro atoms. The van der Waals surface area contributed by atoms with Crippen molar-refractivity contribution in [2.24, 2.45) is 0 Å². The number of piperazine rings is 1. The average Bonchev–Trinajstić information content (AvgIpc) is 3.40. The number of anilines is 3. The number of nitrogens with zero attached hydrogens (tertiary/aromatic N) is 6. The molecule has 6 rings (SSSR count). The minimum Gasteiger partial charge on any atom is -0.369 e. The van der Waals surface area contributed by atoms with E-state index in [1.54, 1.807) is 22.1 Å². The Morgan fingerprint density at radius 2 is 1.75 bits per heavy atom. The van der Waals surface area contributed by atoms with E-state index in [4.69, 9.17) is 16.6 Å². The fourth-order valence-electron chi connectivity index (χ4n) is 5.04. The molecule has 10 heteroatoms. The summed E-state index contributed by atoms with van der Waals surface area (Å²) in [6, 6.07) is 15.9. The van der Waals surface area contributed by atoms with E-state index in [0.29, 0.717) is 34.3 Å². The average molecular weight is 572 g/mol. The van der Waals surface area contributed by atoms with E-state index in [0.717, 1.165) is 52.7 Å². The van der Waals surface area contributed by atoms with Crippen LogP contribution in [0.15, 0.2) is 65.7 Å². The lowest BCUT2D eigenvalue weighted by Gasteiger charge is -2.34. The van der Waals surface area contributed by atoms with Crippen LogP contribution in [-0.4, -0.2) is 57.6 Å². The molecule has 0 saturated carbocycles. The summed E-state index contributed by atoms with van der Waals surface area (Å²) in [6.07, 6.45) is 3.59. The van der Waals surface area contributed by atoms with Gasteiger partial charge < -0.3 is 15.1 Å². The van der Waals surface area contributed by atoms with Crippen LogP contribution in [0.25, 0.3) is 32.6 Å². The van der Waals surface area contributed by atoms with Gasteiger partial charge in [0.15, 0.2) is 0 Å². The number of halogens is 1. The van der Waals surface area contributed by atoms with Crippen molar-refractivity contribution in [1.82, 2.24) is 24.4 Å². The van der Waals surface area contributed by atoms with Crippen molar-refractivity contribution < 1.29 is 0 Å². The highest BCUT2D eigenvalue weighted by atomic mass is 35.5. The van der Waals surface area contributed by atoms with Gasteiger partial charge in [0.05, 0.1) is 9.88 Å². The summed E-state index contributed by atoms with van der Waals surface area (Å²) in [6.45, 7) is 8.55. The van der Waals surface area contributed by atoms with Crippen molar-refractivity contribution in [3.8, 4) is 21.6 Å². The van der Waals surface area contributed by atoms with Crippen LogP contribution >= 0.6 is 22.9 Å². The quantitative estimate of drug-likeness (QED) is 0.265. The zero-order valence-electron chi connectivity index (χ0n) is 22.7. The minimum absolute atomic E-state index is 0.139. The number of likely N-dealkylation sites (N-methyl/N-ethyl adjacent to an activating group) is 1. The second-order valence-electron chi connectivity index (χ2n) is 9.98. The van der Waals surface area contributed by atoms with Gasteiger partial charge in [-0.2, -0.15) is 4.98 Å². The molecular formula is C30H30ClN7OS. The minimum atomic E-state index is -0.139. The van der Waals surface area contributed by atoms with E-state index in [1.807, 2.05) is 56.4 Å². The van der Waals surface area contributed by atoms with Gasteiger partial charge in [-0.1, -0.05) is 23.7 Å². The maximum atomic E-state index is 13.6. The van der Waals surface area contributed by atoms with Crippen molar-refractivity contribution in [2.45, 2.75) is 20.4 Å². The normalized spacial score (nSPS) is 14.2. The van der Waals surface area contributed by atoms with Crippen LogP contribution < -0.4 is 15.8 Å². The maximum absolute atomic E-state index is 13.6. The highest BCUT2D eigenvalue weighted by Crippen LogP contribution is 2.34. The molecule has 5 aromatic rings. The van der Waals surface area contributed by atoms with Crippen molar-refractivity contribution in [1.29, 1.82) is 0 Å². The molecular weight excluding hydrogens is 542 g/mol. The van der Waals surface area contributed by atoms with Crippen LogP contribution in [0.2, 0.25) is 5.02 Å². The standard InChI is InChI=1S/C30H30ClN7OS/c1-4-38-28-21(15-25(29(38)39)24-10-5-20(16-26(24)31)27-18-32-19(2)40-27)17-33-30(35-28)34-22-6-8-23(9-7-22)37-13-11-36(3)12-14-37/h5-10,15-18H,4,11-14H2,1-3H3,(H,33,34,35). The van der Waals surface area contributed by atoms with Crippen LogP contribution in [0, 0.1) is 6.92 Å². The van der Waals surface area contributed by atoms with Gasteiger partial charge >= 0.3 is 0 Å². The van der Waals surface area contributed by atoms with E-state index in [2.05, 4.69) is 44.3 Å². The lowest BCUT2D eigenvalue weighted by Crippen LogP contribution is -2.44. The van der Waals surface area contributed by atoms with Gasteiger partial charge in [0.1, 0.15) is 5.65 Å². The Bertz CT molecular complexity index is 1740. The molecule has 1 aliphatic heterocycles. The predicted molar refractivity (Wildman–Crippen MR) is 165 cm³/mol. The van der Waals surface area contributed by atoms with Gasteiger partial charge in [0, 0.05) is 78.0 Å². The summed E-state index contributed by atoms with van der Waals surface area (Å²) in [7, 11) is 2.16. The largest absolute Gasteiger partial charge is 0.369 e. The number of hydrogen-bond donors (Lipinski definition) is 1. The van der Waals surface area contributed by atoms with Crippen LogP contribution in [0.5, 0.6) is 0 Å². The van der Waals surface area contributed by atoms with Crippen molar-refractivity contribution in [3.05, 3.63) is 81.3 Å². The molecule has 0 radical (unpaired) electrons. The highest BCUT2D eigenvalue weighted by molar-refractivity contribution is 7.15. The van der Waals surface area contributed by atoms with Crippen molar-refractivity contribution in [2.75, 3.05) is 43.4 Å². The third-order valence-electron chi connectivity index (χ3n) is 7.30. The fourth-order valence-corrected chi connectivity index (χ4v) is 6.09. The second kappa shape index (κ2) is 11.0. The van der Waals surface area contributed by atoms with Gasteiger partial charge in [0.25, 0.3) is 5.56 Å². The predicted octanol–water partition coefficient (Wildman–Crippen LogP) is 6.06. The second-order valence-corrected chi connectivity index (χ2v) is 11.6. The van der Waals surface area contributed by atoms with Crippen LogP contribution in [0.4, 0.5) is 17.3 Å². The summed E-state index contributed by atoms with van der Waals surface area (Å²) < 4.78 is 1.67. The molecule has 0 unspecified atom stereocenters. The zero-order chi connectivity index (χ0) is 27.8. The maximum Gasteiger partial charge on any atom is 0.260 e. The number of aryl methyl sites for hydroxylation is 2. The van der Waals surface area contributed by atoms with Gasteiger partial charge in [-0.15, -0.1) is 11.3 Å². The Balaban J connectivity index is 1.28. The molecule has 4 heterocycles. The summed E-state index contributed by atoms with van der Waals surface area (Å²) in [5, 5.41) is 5.57. The number of fused-ring (bicyclic) bond motifs is 1. The Hall–Kier alpha value is -3.79. The number of hydrogen-bond acceptors (Lipinski definition) is 8. The number of pyridine rings is 1. The molecule has 0 amide bonds. The van der Waals surface area contributed by atoms with Gasteiger partial charge in [0.2, 0.25) is 5.95 Å². The molecule has 2 aromatic carbocycles. The van der Waals surface area contributed by atoms with Gasteiger partial charge in [-0.3, -0.25) is 9.36 Å². The summed E-state index contributed by atoms with van der Waals surface area (Å²) in [4.78, 5) is 33.0. The van der Waals surface area contributed by atoms with Crippen LogP contribution in [0.3, 0.4) is 0 Å². The summed E-state index contributed by atoms with van der Waals surface area (Å²) in [5.74, 6) is 0.441. The number of aromatic nitrogens is 4. The number of rotatable bonds is 6. The Labute approximate surface area is 241 Å². The topological polar surface area (TPSA) is 79.2 Å². The molecule has 0 atom stereocenters. The molecule has 204 valence electrons. The number of nitrogens with one attached hydrogen (secondary N) is 1. The monoisotopic (exact) mass is 571 g/mol. The zero-order valence-corrected chi connectivity index (χ0v) is 24.3.